The Bertz CT molecular complexity index is 640. The van der Waals surface area contributed by atoms with Crippen molar-refractivity contribution in [1.29, 1.82) is 0 Å². The molecule has 7 heteroatoms. The predicted molar refractivity (Wildman–Crippen MR) is 82.8 cm³/mol. The first kappa shape index (κ1) is 16.5. The zero-order valence-corrected chi connectivity index (χ0v) is 14.1. The third kappa shape index (κ3) is 4.28. The molecule has 1 aliphatic carbocycles. The second kappa shape index (κ2) is 6.46. The van der Waals surface area contributed by atoms with Crippen LogP contribution in [-0.2, 0) is 10.0 Å². The maximum Gasteiger partial charge on any atom is 0.335 e. The summed E-state index contributed by atoms with van der Waals surface area (Å²) in [7, 11) is -3.65. The number of carboxylic acids is 1. The van der Waals surface area contributed by atoms with Crippen molar-refractivity contribution in [3.63, 3.8) is 0 Å². The van der Waals surface area contributed by atoms with Gasteiger partial charge < -0.3 is 5.11 Å². The molecular weight excluding hydrogens is 358 g/mol. The summed E-state index contributed by atoms with van der Waals surface area (Å²) in [5.74, 6) is -0.455. The quantitative estimate of drug-likeness (QED) is 0.766. The van der Waals surface area contributed by atoms with Crippen LogP contribution in [0.5, 0.6) is 0 Å². The first-order chi connectivity index (χ1) is 9.83. The summed E-state index contributed by atoms with van der Waals surface area (Å²) in [5, 5.41) is 8.91. The standard InChI is InChI=1S/C14H18BrNO4S/c1-2-11(7-9-3-4-9)16-21(19,20)13-6-5-10(14(17)18)8-12(13)15/h5-6,8-9,11,16H,2-4,7H2,1H3,(H,17,18). The Morgan fingerprint density at radius 2 is 2.14 bits per heavy atom. The van der Waals surface area contributed by atoms with Gasteiger partial charge in [0.25, 0.3) is 0 Å². The van der Waals surface area contributed by atoms with Crippen molar-refractivity contribution in [2.24, 2.45) is 5.92 Å². The average molecular weight is 376 g/mol. The van der Waals surface area contributed by atoms with Crippen LogP contribution in [0.3, 0.4) is 0 Å². The number of sulfonamides is 1. The van der Waals surface area contributed by atoms with Gasteiger partial charge in [-0.05, 0) is 52.9 Å². The normalized spacial score (nSPS) is 16.7. The van der Waals surface area contributed by atoms with Gasteiger partial charge >= 0.3 is 5.97 Å². The van der Waals surface area contributed by atoms with Crippen molar-refractivity contribution in [3.8, 4) is 0 Å². The minimum atomic E-state index is -3.65. The van der Waals surface area contributed by atoms with E-state index >= 15 is 0 Å². The zero-order valence-electron chi connectivity index (χ0n) is 11.7. The number of benzene rings is 1. The molecule has 21 heavy (non-hydrogen) atoms. The number of hydrogen-bond donors (Lipinski definition) is 2. The van der Waals surface area contributed by atoms with Crippen molar-refractivity contribution in [2.45, 2.75) is 43.5 Å². The van der Waals surface area contributed by atoms with Gasteiger partial charge in [0.2, 0.25) is 10.0 Å². The van der Waals surface area contributed by atoms with E-state index in [1.165, 1.54) is 31.0 Å². The molecule has 1 aromatic rings. The summed E-state index contributed by atoms with van der Waals surface area (Å²) in [5.41, 5.74) is 0.0471. The SMILES string of the molecule is CCC(CC1CC1)NS(=O)(=O)c1ccc(C(=O)O)cc1Br. The summed E-state index contributed by atoms with van der Waals surface area (Å²) >= 11 is 3.14. The van der Waals surface area contributed by atoms with E-state index in [4.69, 9.17) is 5.11 Å². The van der Waals surface area contributed by atoms with Gasteiger partial charge in [-0.25, -0.2) is 17.9 Å². The fourth-order valence-corrected chi connectivity index (χ4v) is 4.60. The molecule has 1 aromatic carbocycles. The second-order valence-electron chi connectivity index (χ2n) is 5.36. The first-order valence-corrected chi connectivity index (χ1v) is 9.16. The summed E-state index contributed by atoms with van der Waals surface area (Å²) in [4.78, 5) is 11.0. The average Bonchev–Trinajstić information content (AvgIpc) is 3.21. The molecule has 0 saturated heterocycles. The Morgan fingerprint density at radius 1 is 1.48 bits per heavy atom. The van der Waals surface area contributed by atoms with Crippen LogP contribution < -0.4 is 4.72 Å². The van der Waals surface area contributed by atoms with E-state index in [2.05, 4.69) is 20.7 Å². The third-order valence-electron chi connectivity index (χ3n) is 3.60. The lowest BCUT2D eigenvalue weighted by molar-refractivity contribution is 0.0696. The van der Waals surface area contributed by atoms with Crippen molar-refractivity contribution in [1.82, 2.24) is 4.72 Å². The van der Waals surface area contributed by atoms with Crippen LogP contribution in [0.25, 0.3) is 0 Å². The summed E-state index contributed by atoms with van der Waals surface area (Å²) in [6, 6.07) is 3.84. The molecule has 1 unspecified atom stereocenters. The smallest absolute Gasteiger partial charge is 0.335 e. The Morgan fingerprint density at radius 3 is 2.62 bits per heavy atom. The van der Waals surface area contributed by atoms with E-state index in [-0.39, 0.29) is 21.0 Å². The molecule has 0 bridgehead atoms. The second-order valence-corrected chi connectivity index (χ2v) is 7.89. The van der Waals surface area contributed by atoms with Gasteiger partial charge in [-0.1, -0.05) is 19.8 Å². The van der Waals surface area contributed by atoms with Gasteiger partial charge in [0.05, 0.1) is 10.5 Å². The Kier molecular flexibility index (Phi) is 5.06. The zero-order chi connectivity index (χ0) is 15.6. The fraction of sp³-hybridized carbons (Fsp3) is 0.500. The maximum atomic E-state index is 12.4. The molecule has 0 heterocycles. The molecule has 2 rings (SSSR count). The molecule has 2 N–H and O–H groups in total. The Hall–Kier alpha value is -0.920. The molecule has 1 fully saturated rings. The third-order valence-corrected chi connectivity index (χ3v) is 6.09. The van der Waals surface area contributed by atoms with Gasteiger partial charge in [-0.3, -0.25) is 0 Å². The topological polar surface area (TPSA) is 83.5 Å². The van der Waals surface area contributed by atoms with Crippen molar-refractivity contribution in [3.05, 3.63) is 28.2 Å². The summed E-state index contributed by atoms with van der Waals surface area (Å²) in [6.45, 7) is 1.96. The first-order valence-electron chi connectivity index (χ1n) is 6.88. The van der Waals surface area contributed by atoms with Crippen LogP contribution in [0.4, 0.5) is 0 Å². The Labute approximate surface area is 132 Å². The van der Waals surface area contributed by atoms with Crippen molar-refractivity contribution < 1.29 is 18.3 Å². The number of hydrogen-bond acceptors (Lipinski definition) is 3. The molecule has 116 valence electrons. The van der Waals surface area contributed by atoms with E-state index in [1.54, 1.807) is 0 Å². The van der Waals surface area contributed by atoms with E-state index in [0.717, 1.165) is 12.8 Å². The van der Waals surface area contributed by atoms with Gasteiger partial charge in [-0.15, -0.1) is 0 Å². The van der Waals surface area contributed by atoms with Gasteiger partial charge in [-0.2, -0.15) is 0 Å². The molecule has 1 saturated carbocycles. The highest BCUT2D eigenvalue weighted by atomic mass is 79.9. The number of halogens is 1. The number of carbonyl (C=O) groups is 1. The van der Waals surface area contributed by atoms with Gasteiger partial charge in [0.1, 0.15) is 0 Å². The molecule has 0 spiro atoms. The van der Waals surface area contributed by atoms with E-state index < -0.39 is 16.0 Å². The Balaban J connectivity index is 2.19. The van der Waals surface area contributed by atoms with Crippen LogP contribution in [0.15, 0.2) is 27.6 Å². The number of nitrogens with one attached hydrogen (secondary N) is 1. The summed E-state index contributed by atoms with van der Waals surface area (Å²) < 4.78 is 27.8. The molecular formula is C14H18BrNO4S. The molecule has 1 aliphatic rings. The van der Waals surface area contributed by atoms with Crippen molar-refractivity contribution >= 4 is 31.9 Å². The number of carboxylic acid groups (broad SMARTS) is 1. The highest BCUT2D eigenvalue weighted by molar-refractivity contribution is 9.10. The van der Waals surface area contributed by atoms with Crippen LogP contribution in [0.2, 0.25) is 0 Å². The minimum Gasteiger partial charge on any atom is -0.478 e. The highest BCUT2D eigenvalue weighted by Gasteiger charge is 2.28. The largest absolute Gasteiger partial charge is 0.478 e. The van der Waals surface area contributed by atoms with Crippen LogP contribution in [0.1, 0.15) is 43.0 Å². The van der Waals surface area contributed by atoms with Crippen LogP contribution >= 0.6 is 15.9 Å². The molecule has 0 radical (unpaired) electrons. The minimum absolute atomic E-state index is 0.0471. The monoisotopic (exact) mass is 375 g/mol. The molecule has 1 atom stereocenters. The maximum absolute atomic E-state index is 12.4. The number of rotatable bonds is 7. The lowest BCUT2D eigenvalue weighted by Gasteiger charge is -2.17. The van der Waals surface area contributed by atoms with E-state index in [9.17, 15) is 13.2 Å². The molecule has 0 aliphatic heterocycles. The molecule has 0 aromatic heterocycles. The lowest BCUT2D eigenvalue weighted by atomic mass is 10.1. The van der Waals surface area contributed by atoms with Gasteiger partial charge in [0, 0.05) is 10.5 Å². The predicted octanol–water partition coefficient (Wildman–Crippen LogP) is 3.00. The molecule has 5 nitrogen and oxygen atoms in total. The lowest BCUT2D eigenvalue weighted by Crippen LogP contribution is -2.35. The highest BCUT2D eigenvalue weighted by Crippen LogP contribution is 2.34. The van der Waals surface area contributed by atoms with E-state index in [0.29, 0.717) is 5.92 Å². The van der Waals surface area contributed by atoms with Crippen LogP contribution in [0, 0.1) is 5.92 Å². The van der Waals surface area contributed by atoms with Crippen molar-refractivity contribution in [2.75, 3.05) is 0 Å². The van der Waals surface area contributed by atoms with Gasteiger partial charge in [0.15, 0.2) is 0 Å². The summed E-state index contributed by atoms with van der Waals surface area (Å²) in [6.07, 6.45) is 3.95. The van der Waals surface area contributed by atoms with E-state index in [1.807, 2.05) is 6.92 Å². The number of aromatic carboxylic acids is 1. The molecule has 0 amide bonds. The fourth-order valence-electron chi connectivity index (χ4n) is 2.19. The van der Waals surface area contributed by atoms with Crippen LogP contribution in [-0.4, -0.2) is 25.5 Å².